The molecule has 0 amide bonds. The van der Waals surface area contributed by atoms with Crippen LogP contribution in [0.3, 0.4) is 0 Å². The van der Waals surface area contributed by atoms with Crippen molar-refractivity contribution in [3.05, 3.63) is 103 Å². The summed E-state index contributed by atoms with van der Waals surface area (Å²) in [7, 11) is -4.51. The molecule has 0 fully saturated rings. The molecule has 3 nitrogen and oxygen atoms in total. The van der Waals surface area contributed by atoms with E-state index in [4.69, 9.17) is 0 Å². The molecule has 30 heavy (non-hydrogen) atoms. The van der Waals surface area contributed by atoms with Crippen LogP contribution in [0.25, 0.3) is 43.8 Å². The van der Waals surface area contributed by atoms with Gasteiger partial charge in [-0.1, -0.05) is 84.9 Å². The zero-order chi connectivity index (χ0) is 20.7. The van der Waals surface area contributed by atoms with E-state index in [9.17, 15) is 13.0 Å². The van der Waals surface area contributed by atoms with Gasteiger partial charge in [-0.05, 0) is 51.0 Å². The van der Waals surface area contributed by atoms with Crippen molar-refractivity contribution in [2.75, 3.05) is 0 Å². The van der Waals surface area contributed by atoms with Crippen LogP contribution in [0.4, 0.5) is 0 Å². The van der Waals surface area contributed by atoms with Crippen molar-refractivity contribution in [3.63, 3.8) is 0 Å². The normalized spacial score (nSPS) is 11.8. The van der Waals surface area contributed by atoms with Gasteiger partial charge in [-0.25, -0.2) is 0 Å². The van der Waals surface area contributed by atoms with Crippen LogP contribution in [-0.4, -0.2) is 13.0 Å². The van der Waals surface area contributed by atoms with Crippen LogP contribution in [-0.2, 0) is 10.1 Å². The van der Waals surface area contributed by atoms with E-state index in [2.05, 4.69) is 0 Å². The Morgan fingerprint density at radius 1 is 0.567 bits per heavy atom. The number of fused-ring (bicyclic) bond motifs is 2. The Kier molecular flexibility index (Phi) is 4.39. The molecule has 0 spiro atoms. The van der Waals surface area contributed by atoms with Crippen molar-refractivity contribution in [2.45, 2.75) is 4.90 Å². The SMILES string of the molecule is O=S(=O)(O)c1c(-c2ccccc2)c(-c2ccccc2)cc2cc3ccccc3cc12. The van der Waals surface area contributed by atoms with E-state index in [0.717, 1.165) is 32.8 Å². The highest BCUT2D eigenvalue weighted by Gasteiger charge is 2.25. The van der Waals surface area contributed by atoms with Gasteiger partial charge in [0.2, 0.25) is 0 Å². The molecule has 5 aromatic rings. The standard InChI is InChI=1S/C26H18O3S/c27-30(28,29)26-24-16-21-14-8-7-13-20(21)15-22(24)17-23(18-9-3-1-4-10-18)25(26)19-11-5-2-6-12-19/h1-17H,(H,27,28,29). The summed E-state index contributed by atoms with van der Waals surface area (Å²) in [6.07, 6.45) is 0. The van der Waals surface area contributed by atoms with Gasteiger partial charge in [-0.3, -0.25) is 4.55 Å². The lowest BCUT2D eigenvalue weighted by molar-refractivity contribution is 0.484. The van der Waals surface area contributed by atoms with Gasteiger partial charge in [0.05, 0.1) is 0 Å². The van der Waals surface area contributed by atoms with Gasteiger partial charge in [0, 0.05) is 10.9 Å². The molecule has 0 aliphatic carbocycles. The first-order valence-electron chi connectivity index (χ1n) is 9.60. The Bertz CT molecular complexity index is 1490. The van der Waals surface area contributed by atoms with E-state index < -0.39 is 10.1 Å². The van der Waals surface area contributed by atoms with E-state index in [1.807, 2.05) is 103 Å². The summed E-state index contributed by atoms with van der Waals surface area (Å²) in [5.41, 5.74) is 2.89. The second kappa shape index (κ2) is 7.10. The highest BCUT2D eigenvalue weighted by Crippen LogP contribution is 2.42. The van der Waals surface area contributed by atoms with Gasteiger partial charge in [-0.15, -0.1) is 0 Å². The van der Waals surface area contributed by atoms with Gasteiger partial charge in [0.15, 0.2) is 0 Å². The molecule has 0 aliphatic heterocycles. The molecule has 0 aliphatic rings. The Hall–Kier alpha value is -3.47. The van der Waals surface area contributed by atoms with E-state index in [1.54, 1.807) is 0 Å². The molecule has 5 aromatic carbocycles. The highest BCUT2D eigenvalue weighted by atomic mass is 32.2. The maximum Gasteiger partial charge on any atom is 0.295 e. The molecule has 0 heterocycles. The van der Waals surface area contributed by atoms with Gasteiger partial charge in [-0.2, -0.15) is 8.42 Å². The molecule has 4 heteroatoms. The highest BCUT2D eigenvalue weighted by molar-refractivity contribution is 7.86. The summed E-state index contributed by atoms with van der Waals surface area (Å²) >= 11 is 0. The van der Waals surface area contributed by atoms with E-state index in [-0.39, 0.29) is 4.90 Å². The number of hydrogen-bond acceptors (Lipinski definition) is 2. The van der Waals surface area contributed by atoms with Crippen LogP contribution in [0.15, 0.2) is 108 Å². The fourth-order valence-electron chi connectivity index (χ4n) is 4.06. The molecule has 0 saturated heterocycles. The molecule has 0 radical (unpaired) electrons. The zero-order valence-corrected chi connectivity index (χ0v) is 16.8. The lowest BCUT2D eigenvalue weighted by atomic mass is 9.90. The first-order valence-corrected chi connectivity index (χ1v) is 11.0. The maximum atomic E-state index is 12.7. The Morgan fingerprint density at radius 3 is 1.70 bits per heavy atom. The monoisotopic (exact) mass is 410 g/mol. The van der Waals surface area contributed by atoms with Crippen molar-refractivity contribution in [1.82, 2.24) is 0 Å². The average molecular weight is 410 g/mol. The molecular weight excluding hydrogens is 392 g/mol. The van der Waals surface area contributed by atoms with E-state index in [1.165, 1.54) is 0 Å². The smallest absolute Gasteiger partial charge is 0.282 e. The van der Waals surface area contributed by atoms with Crippen LogP contribution in [0, 0.1) is 0 Å². The molecule has 5 rings (SSSR count). The van der Waals surface area contributed by atoms with E-state index in [0.29, 0.717) is 10.9 Å². The first-order chi connectivity index (χ1) is 14.5. The third kappa shape index (κ3) is 3.16. The minimum Gasteiger partial charge on any atom is -0.282 e. The second-order valence-corrected chi connectivity index (χ2v) is 8.61. The molecule has 146 valence electrons. The van der Waals surface area contributed by atoms with Crippen LogP contribution in [0.1, 0.15) is 0 Å². The third-order valence-corrected chi connectivity index (χ3v) is 6.30. The summed E-state index contributed by atoms with van der Waals surface area (Å²) in [6, 6.07) is 32.6. The fraction of sp³-hybridized carbons (Fsp3) is 0. The van der Waals surface area contributed by atoms with Gasteiger partial charge in [0.1, 0.15) is 4.90 Å². The van der Waals surface area contributed by atoms with Crippen molar-refractivity contribution in [2.24, 2.45) is 0 Å². The van der Waals surface area contributed by atoms with Crippen LogP contribution < -0.4 is 0 Å². The molecule has 0 aromatic heterocycles. The molecule has 0 unspecified atom stereocenters. The van der Waals surface area contributed by atoms with Crippen LogP contribution in [0.2, 0.25) is 0 Å². The summed E-state index contributed by atoms with van der Waals surface area (Å²) in [5, 5.41) is 3.20. The van der Waals surface area contributed by atoms with Gasteiger partial charge in [0.25, 0.3) is 10.1 Å². The third-order valence-electron chi connectivity index (χ3n) is 5.36. The van der Waals surface area contributed by atoms with Crippen LogP contribution in [0.5, 0.6) is 0 Å². The van der Waals surface area contributed by atoms with E-state index >= 15 is 0 Å². The number of rotatable bonds is 3. The quantitative estimate of drug-likeness (QED) is 0.270. The zero-order valence-electron chi connectivity index (χ0n) is 16.0. The predicted octanol–water partition coefficient (Wildman–Crippen LogP) is 6.57. The van der Waals surface area contributed by atoms with Crippen LogP contribution >= 0.6 is 0 Å². The maximum absolute atomic E-state index is 12.7. The van der Waals surface area contributed by atoms with Crippen molar-refractivity contribution in [3.8, 4) is 22.3 Å². The summed E-state index contributed by atoms with van der Waals surface area (Å²) < 4.78 is 35.8. The summed E-state index contributed by atoms with van der Waals surface area (Å²) in [5.74, 6) is 0. The lowest BCUT2D eigenvalue weighted by Gasteiger charge is -2.18. The second-order valence-electron chi connectivity index (χ2n) is 7.26. The minimum atomic E-state index is -4.51. The minimum absolute atomic E-state index is 0.0594. The average Bonchev–Trinajstić information content (AvgIpc) is 2.77. The number of benzene rings is 5. The largest absolute Gasteiger partial charge is 0.295 e. The Balaban J connectivity index is 2.03. The molecule has 1 N–H and O–H groups in total. The predicted molar refractivity (Wildman–Crippen MR) is 122 cm³/mol. The molecule has 0 saturated carbocycles. The van der Waals surface area contributed by atoms with Gasteiger partial charge < -0.3 is 0 Å². The van der Waals surface area contributed by atoms with Gasteiger partial charge >= 0.3 is 0 Å². The fourth-order valence-corrected chi connectivity index (χ4v) is 5.00. The Labute approximate surface area is 175 Å². The topological polar surface area (TPSA) is 54.4 Å². The molecular formula is C26H18O3S. The lowest BCUT2D eigenvalue weighted by Crippen LogP contribution is -2.04. The first kappa shape index (κ1) is 18.6. The summed E-state index contributed by atoms with van der Waals surface area (Å²) in [6.45, 7) is 0. The van der Waals surface area contributed by atoms with Crippen molar-refractivity contribution in [1.29, 1.82) is 0 Å². The molecule has 0 atom stereocenters. The van der Waals surface area contributed by atoms with Crippen molar-refractivity contribution < 1.29 is 13.0 Å². The van der Waals surface area contributed by atoms with Crippen molar-refractivity contribution >= 4 is 31.7 Å². The number of hydrogen-bond donors (Lipinski definition) is 1. The Morgan fingerprint density at radius 2 is 1.10 bits per heavy atom. The summed E-state index contributed by atoms with van der Waals surface area (Å²) in [4.78, 5) is -0.0594. The molecule has 0 bridgehead atoms.